The van der Waals surface area contributed by atoms with Crippen molar-refractivity contribution in [3.63, 3.8) is 0 Å². The topological polar surface area (TPSA) is 0 Å². The quantitative estimate of drug-likeness (QED) is 0.671. The van der Waals surface area contributed by atoms with E-state index in [1.54, 1.807) is 11.1 Å². The summed E-state index contributed by atoms with van der Waals surface area (Å²) in [6.45, 7) is 9.03. The highest BCUT2D eigenvalue weighted by Crippen LogP contribution is 2.21. The molecule has 0 aromatic heterocycles. The molecule has 1 aromatic carbocycles. The zero-order valence-corrected chi connectivity index (χ0v) is 9.98. The van der Waals surface area contributed by atoms with Crippen LogP contribution < -0.4 is 0 Å². The van der Waals surface area contributed by atoms with E-state index >= 15 is 0 Å². The van der Waals surface area contributed by atoms with Crippen LogP contribution in [-0.2, 0) is 19.3 Å². The van der Waals surface area contributed by atoms with Crippen molar-refractivity contribution in [1.82, 2.24) is 0 Å². The summed E-state index contributed by atoms with van der Waals surface area (Å²) in [5.41, 5.74) is 6.19. The van der Waals surface area contributed by atoms with Gasteiger partial charge in [-0.15, -0.1) is 0 Å². The van der Waals surface area contributed by atoms with E-state index in [4.69, 9.17) is 0 Å². The van der Waals surface area contributed by atoms with Gasteiger partial charge in [0, 0.05) is 0 Å². The minimum absolute atomic E-state index is 1.16. The fourth-order valence-electron chi connectivity index (χ4n) is 2.24. The van der Waals surface area contributed by atoms with Crippen LogP contribution in [-0.4, -0.2) is 0 Å². The third-order valence-corrected chi connectivity index (χ3v) is 3.06. The minimum atomic E-state index is 1.16. The predicted molar refractivity (Wildman–Crippen MR) is 63.9 cm³/mol. The number of aryl methyl sites for hydroxylation is 2. The smallest absolute Gasteiger partial charge is 0.0279 e. The Morgan fingerprint density at radius 3 is 2.07 bits per heavy atom. The predicted octanol–water partition coefficient (Wildman–Crippen LogP) is 4.07. The maximum Gasteiger partial charge on any atom is -0.0279 e. The zero-order chi connectivity index (χ0) is 10.6. The van der Waals surface area contributed by atoms with Gasteiger partial charge >= 0.3 is 0 Å². The summed E-state index contributed by atoms with van der Waals surface area (Å²) >= 11 is 0. The molecule has 78 valence electrons. The standard InChI is InChI=1S/C14H22/c1-5-8-13-10-9-12(6-2)11(4)14(13)7-3/h9-10H,5-8H2,1-4H3. The molecule has 0 unspecified atom stereocenters. The van der Waals surface area contributed by atoms with Gasteiger partial charge in [0.25, 0.3) is 0 Å². The van der Waals surface area contributed by atoms with Crippen LogP contribution in [0.25, 0.3) is 0 Å². The average molecular weight is 190 g/mol. The third kappa shape index (κ3) is 2.17. The van der Waals surface area contributed by atoms with Crippen molar-refractivity contribution in [2.24, 2.45) is 0 Å². The van der Waals surface area contributed by atoms with Crippen LogP contribution in [0, 0.1) is 6.92 Å². The molecule has 0 aliphatic rings. The van der Waals surface area contributed by atoms with Crippen LogP contribution in [0.2, 0.25) is 0 Å². The molecule has 0 nitrogen and oxygen atoms in total. The Balaban J connectivity index is 3.14. The normalized spacial score (nSPS) is 10.6. The van der Waals surface area contributed by atoms with Gasteiger partial charge in [-0.25, -0.2) is 0 Å². The molecule has 0 saturated carbocycles. The average Bonchev–Trinajstić information content (AvgIpc) is 2.19. The SMILES string of the molecule is CCCc1ccc(CC)c(C)c1CC. The first kappa shape index (κ1) is 11.3. The first-order valence-corrected chi connectivity index (χ1v) is 5.84. The van der Waals surface area contributed by atoms with Crippen molar-refractivity contribution >= 4 is 0 Å². The third-order valence-electron chi connectivity index (χ3n) is 3.06. The van der Waals surface area contributed by atoms with Gasteiger partial charge in [0.2, 0.25) is 0 Å². The fraction of sp³-hybridized carbons (Fsp3) is 0.571. The highest BCUT2D eigenvalue weighted by Gasteiger charge is 2.06. The lowest BCUT2D eigenvalue weighted by Gasteiger charge is -2.14. The summed E-state index contributed by atoms with van der Waals surface area (Å²) in [5.74, 6) is 0. The van der Waals surface area contributed by atoms with E-state index in [1.807, 2.05) is 0 Å². The van der Waals surface area contributed by atoms with E-state index < -0.39 is 0 Å². The minimum Gasteiger partial charge on any atom is -0.0651 e. The van der Waals surface area contributed by atoms with Crippen LogP contribution in [0.4, 0.5) is 0 Å². The highest BCUT2D eigenvalue weighted by molar-refractivity contribution is 5.40. The second-order valence-electron chi connectivity index (χ2n) is 3.94. The lowest BCUT2D eigenvalue weighted by molar-refractivity contribution is 0.889. The Bertz CT molecular complexity index is 297. The molecule has 0 fully saturated rings. The van der Waals surface area contributed by atoms with Gasteiger partial charge < -0.3 is 0 Å². The number of hydrogen-bond acceptors (Lipinski definition) is 0. The van der Waals surface area contributed by atoms with Crippen molar-refractivity contribution in [2.75, 3.05) is 0 Å². The molecule has 0 heterocycles. The van der Waals surface area contributed by atoms with E-state index in [2.05, 4.69) is 39.8 Å². The molecule has 1 aromatic rings. The molecule has 0 saturated heterocycles. The lowest BCUT2D eigenvalue weighted by Crippen LogP contribution is -1.99. The second kappa shape index (κ2) is 5.19. The molecule has 0 radical (unpaired) electrons. The zero-order valence-electron chi connectivity index (χ0n) is 9.98. The summed E-state index contributed by atoms with van der Waals surface area (Å²) in [5, 5.41) is 0. The van der Waals surface area contributed by atoms with E-state index in [-0.39, 0.29) is 0 Å². The van der Waals surface area contributed by atoms with Crippen LogP contribution in [0.1, 0.15) is 49.4 Å². The van der Waals surface area contributed by atoms with Crippen molar-refractivity contribution in [2.45, 2.75) is 53.4 Å². The largest absolute Gasteiger partial charge is 0.0651 e. The fourth-order valence-corrected chi connectivity index (χ4v) is 2.24. The summed E-state index contributed by atoms with van der Waals surface area (Å²) in [6, 6.07) is 4.63. The summed E-state index contributed by atoms with van der Waals surface area (Å²) in [7, 11) is 0. The van der Waals surface area contributed by atoms with E-state index in [0.717, 1.165) is 6.42 Å². The molecule has 0 spiro atoms. The number of benzene rings is 1. The molecule has 0 bridgehead atoms. The van der Waals surface area contributed by atoms with Crippen molar-refractivity contribution in [3.05, 3.63) is 34.4 Å². The second-order valence-corrected chi connectivity index (χ2v) is 3.94. The monoisotopic (exact) mass is 190 g/mol. The highest BCUT2D eigenvalue weighted by atomic mass is 14.1. The Labute approximate surface area is 88.4 Å². The van der Waals surface area contributed by atoms with Gasteiger partial charge in [0.15, 0.2) is 0 Å². The Morgan fingerprint density at radius 2 is 1.57 bits per heavy atom. The molecule has 14 heavy (non-hydrogen) atoms. The van der Waals surface area contributed by atoms with Crippen LogP contribution in [0.15, 0.2) is 12.1 Å². The van der Waals surface area contributed by atoms with Gasteiger partial charge in [-0.2, -0.15) is 0 Å². The van der Waals surface area contributed by atoms with Gasteiger partial charge in [0.1, 0.15) is 0 Å². The van der Waals surface area contributed by atoms with E-state index in [1.165, 1.54) is 30.4 Å². The van der Waals surface area contributed by atoms with E-state index in [0.29, 0.717) is 0 Å². The first-order valence-electron chi connectivity index (χ1n) is 5.84. The molecule has 0 N–H and O–H groups in total. The summed E-state index contributed by atoms with van der Waals surface area (Å²) in [6.07, 6.45) is 4.81. The molecule has 0 amide bonds. The molecule has 1 rings (SSSR count). The Hall–Kier alpha value is -0.780. The maximum absolute atomic E-state index is 2.33. The van der Waals surface area contributed by atoms with Crippen molar-refractivity contribution in [3.8, 4) is 0 Å². The lowest BCUT2D eigenvalue weighted by atomic mass is 9.92. The molecular formula is C14H22. The first-order chi connectivity index (χ1) is 6.74. The number of rotatable bonds is 4. The Morgan fingerprint density at radius 1 is 0.929 bits per heavy atom. The Kier molecular flexibility index (Phi) is 4.19. The maximum atomic E-state index is 2.33. The number of hydrogen-bond donors (Lipinski definition) is 0. The molecular weight excluding hydrogens is 168 g/mol. The van der Waals surface area contributed by atoms with Crippen molar-refractivity contribution < 1.29 is 0 Å². The molecule has 0 aliphatic carbocycles. The van der Waals surface area contributed by atoms with Gasteiger partial charge in [-0.05, 0) is 48.4 Å². The van der Waals surface area contributed by atoms with Gasteiger partial charge in [0.05, 0.1) is 0 Å². The van der Waals surface area contributed by atoms with Crippen LogP contribution in [0.5, 0.6) is 0 Å². The van der Waals surface area contributed by atoms with E-state index in [9.17, 15) is 0 Å². The van der Waals surface area contributed by atoms with Crippen molar-refractivity contribution in [1.29, 1.82) is 0 Å². The summed E-state index contributed by atoms with van der Waals surface area (Å²) in [4.78, 5) is 0. The van der Waals surface area contributed by atoms with Gasteiger partial charge in [-0.3, -0.25) is 0 Å². The summed E-state index contributed by atoms with van der Waals surface area (Å²) < 4.78 is 0. The molecule has 0 atom stereocenters. The van der Waals surface area contributed by atoms with Crippen LogP contribution in [0.3, 0.4) is 0 Å². The molecule has 0 heteroatoms. The molecule has 0 aliphatic heterocycles. The van der Waals surface area contributed by atoms with Gasteiger partial charge in [-0.1, -0.05) is 39.3 Å². The van der Waals surface area contributed by atoms with Crippen LogP contribution >= 0.6 is 0 Å².